The van der Waals surface area contributed by atoms with Crippen molar-refractivity contribution in [2.24, 2.45) is 11.7 Å². The van der Waals surface area contributed by atoms with Gasteiger partial charge in [0.2, 0.25) is 5.91 Å². The Bertz CT molecular complexity index is 258. The van der Waals surface area contributed by atoms with Crippen molar-refractivity contribution in [3.8, 4) is 0 Å². The van der Waals surface area contributed by atoms with Gasteiger partial charge in [-0.25, -0.2) is 0 Å². The average molecular weight is 262 g/mol. The molecule has 3 atom stereocenters. The number of nitrogens with one attached hydrogen (secondary N) is 1. The molecule has 1 aliphatic rings. The summed E-state index contributed by atoms with van der Waals surface area (Å²) in [5, 5.41) is 2.82. The largest absolute Gasteiger partial charge is 0.351 e. The second-order valence-corrected chi connectivity index (χ2v) is 4.61. The first-order chi connectivity index (χ1) is 7.56. The Kier molecular flexibility index (Phi) is 7.43. The standard InChI is InChI=1S/C12H23N3O.ClH/c1-4-6-14-12(16)10(3)15-7-5-11(8-15)9(2)13;/h4,9-11H,1,5-8,13H2,2-3H3,(H,14,16);1H. The first-order valence-corrected chi connectivity index (χ1v) is 5.94. The molecule has 1 aliphatic heterocycles. The SMILES string of the molecule is C=CCNC(=O)C(C)N1CCC(C(C)N)C1.Cl. The smallest absolute Gasteiger partial charge is 0.237 e. The highest BCUT2D eigenvalue weighted by molar-refractivity contribution is 5.85. The summed E-state index contributed by atoms with van der Waals surface area (Å²) in [7, 11) is 0. The number of carbonyl (C=O) groups is 1. The minimum absolute atomic E-state index is 0. The predicted molar refractivity (Wildman–Crippen MR) is 73.2 cm³/mol. The Labute approximate surface area is 110 Å². The fourth-order valence-corrected chi connectivity index (χ4v) is 2.08. The highest BCUT2D eigenvalue weighted by Gasteiger charge is 2.30. The van der Waals surface area contributed by atoms with Crippen LogP contribution in [-0.2, 0) is 4.79 Å². The van der Waals surface area contributed by atoms with Crippen molar-refractivity contribution in [3.63, 3.8) is 0 Å². The summed E-state index contributed by atoms with van der Waals surface area (Å²) in [4.78, 5) is 13.9. The van der Waals surface area contributed by atoms with Crippen molar-refractivity contribution in [1.82, 2.24) is 10.2 Å². The van der Waals surface area contributed by atoms with Crippen molar-refractivity contribution in [3.05, 3.63) is 12.7 Å². The number of nitrogens with zero attached hydrogens (tertiary/aromatic N) is 1. The molecule has 3 N–H and O–H groups in total. The van der Waals surface area contributed by atoms with Crippen LogP contribution in [0.5, 0.6) is 0 Å². The Morgan fingerprint density at radius 3 is 2.76 bits per heavy atom. The topological polar surface area (TPSA) is 58.4 Å². The molecular weight excluding hydrogens is 238 g/mol. The second kappa shape index (κ2) is 7.69. The third-order valence-corrected chi connectivity index (χ3v) is 3.35. The average Bonchev–Trinajstić information content (AvgIpc) is 2.74. The van der Waals surface area contributed by atoms with E-state index in [1.165, 1.54) is 0 Å². The molecule has 0 aliphatic carbocycles. The summed E-state index contributed by atoms with van der Waals surface area (Å²) in [5.74, 6) is 0.597. The third kappa shape index (κ3) is 4.66. The van der Waals surface area contributed by atoms with Crippen LogP contribution in [-0.4, -0.2) is 42.5 Å². The zero-order valence-electron chi connectivity index (χ0n) is 10.7. The van der Waals surface area contributed by atoms with Crippen LogP contribution in [0.2, 0.25) is 0 Å². The van der Waals surface area contributed by atoms with Crippen molar-refractivity contribution in [2.75, 3.05) is 19.6 Å². The number of carbonyl (C=O) groups excluding carboxylic acids is 1. The second-order valence-electron chi connectivity index (χ2n) is 4.61. The zero-order chi connectivity index (χ0) is 12.1. The molecule has 1 saturated heterocycles. The van der Waals surface area contributed by atoms with Gasteiger partial charge in [0.05, 0.1) is 6.04 Å². The number of amides is 1. The van der Waals surface area contributed by atoms with Gasteiger partial charge in [0.25, 0.3) is 0 Å². The van der Waals surface area contributed by atoms with Crippen LogP contribution in [0.1, 0.15) is 20.3 Å². The third-order valence-electron chi connectivity index (χ3n) is 3.35. The maximum absolute atomic E-state index is 11.7. The molecule has 5 heteroatoms. The number of rotatable bonds is 5. The lowest BCUT2D eigenvalue weighted by Crippen LogP contribution is -2.44. The molecule has 17 heavy (non-hydrogen) atoms. The summed E-state index contributed by atoms with van der Waals surface area (Å²) in [6.45, 7) is 10.00. The Hall–Kier alpha value is -0.580. The summed E-state index contributed by atoms with van der Waals surface area (Å²) in [6.07, 6.45) is 2.79. The van der Waals surface area contributed by atoms with Gasteiger partial charge in [-0.3, -0.25) is 9.69 Å². The van der Waals surface area contributed by atoms with E-state index in [4.69, 9.17) is 5.73 Å². The first-order valence-electron chi connectivity index (χ1n) is 5.94. The van der Waals surface area contributed by atoms with Gasteiger partial charge in [0, 0.05) is 19.1 Å². The lowest BCUT2D eigenvalue weighted by Gasteiger charge is -2.23. The molecule has 1 heterocycles. The molecule has 1 rings (SSSR count). The van der Waals surface area contributed by atoms with Crippen molar-refractivity contribution in [2.45, 2.75) is 32.4 Å². The van der Waals surface area contributed by atoms with Crippen LogP contribution in [0.4, 0.5) is 0 Å². The monoisotopic (exact) mass is 261 g/mol. The van der Waals surface area contributed by atoms with Crippen LogP contribution >= 0.6 is 12.4 Å². The highest BCUT2D eigenvalue weighted by Crippen LogP contribution is 2.20. The van der Waals surface area contributed by atoms with Crippen LogP contribution in [0.15, 0.2) is 12.7 Å². The van der Waals surface area contributed by atoms with E-state index in [1.54, 1.807) is 6.08 Å². The quantitative estimate of drug-likeness (QED) is 0.719. The van der Waals surface area contributed by atoms with Crippen LogP contribution < -0.4 is 11.1 Å². The van der Waals surface area contributed by atoms with E-state index >= 15 is 0 Å². The molecule has 0 aromatic rings. The van der Waals surface area contributed by atoms with Gasteiger partial charge in [-0.05, 0) is 32.7 Å². The summed E-state index contributed by atoms with van der Waals surface area (Å²) >= 11 is 0. The van der Waals surface area contributed by atoms with E-state index < -0.39 is 0 Å². The molecule has 100 valence electrons. The van der Waals surface area contributed by atoms with E-state index in [0.717, 1.165) is 19.5 Å². The van der Waals surface area contributed by atoms with Gasteiger partial charge in [0.15, 0.2) is 0 Å². The first kappa shape index (κ1) is 16.4. The van der Waals surface area contributed by atoms with Gasteiger partial charge in [-0.2, -0.15) is 0 Å². The van der Waals surface area contributed by atoms with Gasteiger partial charge < -0.3 is 11.1 Å². The minimum Gasteiger partial charge on any atom is -0.351 e. The predicted octanol–water partition coefficient (Wildman–Crippen LogP) is 0.768. The molecule has 0 bridgehead atoms. The summed E-state index contributed by atoms with van der Waals surface area (Å²) in [6, 6.07) is 0.150. The molecule has 3 unspecified atom stereocenters. The zero-order valence-corrected chi connectivity index (χ0v) is 11.5. The molecular formula is C12H24ClN3O. The maximum Gasteiger partial charge on any atom is 0.237 e. The molecule has 0 aromatic carbocycles. The van der Waals surface area contributed by atoms with Crippen LogP contribution in [0, 0.1) is 5.92 Å². The maximum atomic E-state index is 11.7. The molecule has 0 spiro atoms. The number of likely N-dealkylation sites (tertiary alicyclic amines) is 1. The number of hydrogen-bond donors (Lipinski definition) is 2. The van der Waals surface area contributed by atoms with Crippen molar-refractivity contribution >= 4 is 18.3 Å². The van der Waals surface area contributed by atoms with Crippen molar-refractivity contribution in [1.29, 1.82) is 0 Å². The van der Waals surface area contributed by atoms with Crippen LogP contribution in [0.3, 0.4) is 0 Å². The fourth-order valence-electron chi connectivity index (χ4n) is 2.08. The molecule has 1 amide bonds. The number of nitrogens with two attached hydrogens (primary N) is 1. The molecule has 0 saturated carbocycles. The minimum atomic E-state index is -0.0660. The van der Waals surface area contributed by atoms with Gasteiger partial charge >= 0.3 is 0 Å². The van der Waals surface area contributed by atoms with E-state index in [1.807, 2.05) is 13.8 Å². The lowest BCUT2D eigenvalue weighted by atomic mass is 10.0. The van der Waals surface area contributed by atoms with E-state index in [9.17, 15) is 4.79 Å². The Morgan fingerprint density at radius 2 is 2.29 bits per heavy atom. The van der Waals surface area contributed by atoms with E-state index in [0.29, 0.717) is 12.5 Å². The fraction of sp³-hybridized carbons (Fsp3) is 0.750. The Morgan fingerprint density at radius 1 is 1.65 bits per heavy atom. The highest BCUT2D eigenvalue weighted by atomic mass is 35.5. The van der Waals surface area contributed by atoms with Gasteiger partial charge in [-0.15, -0.1) is 19.0 Å². The number of halogens is 1. The van der Waals surface area contributed by atoms with E-state index in [2.05, 4.69) is 16.8 Å². The van der Waals surface area contributed by atoms with Gasteiger partial charge in [-0.1, -0.05) is 6.08 Å². The molecule has 4 nitrogen and oxygen atoms in total. The molecule has 1 fully saturated rings. The lowest BCUT2D eigenvalue weighted by molar-refractivity contribution is -0.125. The summed E-state index contributed by atoms with van der Waals surface area (Å²) < 4.78 is 0. The summed E-state index contributed by atoms with van der Waals surface area (Å²) in [5.41, 5.74) is 5.88. The van der Waals surface area contributed by atoms with Crippen molar-refractivity contribution < 1.29 is 4.79 Å². The Balaban J connectivity index is 0.00000256. The normalized spacial score (nSPS) is 23.6. The number of hydrogen-bond acceptors (Lipinski definition) is 3. The van der Waals surface area contributed by atoms with E-state index in [-0.39, 0.29) is 30.4 Å². The molecule has 0 radical (unpaired) electrons. The van der Waals surface area contributed by atoms with Gasteiger partial charge in [0.1, 0.15) is 0 Å². The van der Waals surface area contributed by atoms with Crippen LogP contribution in [0.25, 0.3) is 0 Å². The molecule has 0 aromatic heterocycles.